The van der Waals surface area contributed by atoms with Crippen molar-refractivity contribution in [2.45, 2.75) is 12.8 Å². The second kappa shape index (κ2) is 8.54. The van der Waals surface area contributed by atoms with Gasteiger partial charge in [0.25, 0.3) is 0 Å². The molecule has 0 aromatic heterocycles. The van der Waals surface area contributed by atoms with Gasteiger partial charge < -0.3 is 20.9 Å². The molecule has 0 fully saturated rings. The number of Topliss-reactive ketones (excluding diaryl/α,β-unsaturated/α-hetero) is 1. The van der Waals surface area contributed by atoms with Crippen molar-refractivity contribution in [3.63, 3.8) is 0 Å². The van der Waals surface area contributed by atoms with Crippen molar-refractivity contribution in [3.8, 4) is 5.75 Å². The highest BCUT2D eigenvalue weighted by atomic mass is 16.5. The van der Waals surface area contributed by atoms with Gasteiger partial charge in [-0.1, -0.05) is 36.4 Å². The number of allylic oxidation sites excluding steroid dienone is 6. The molecule has 0 spiro atoms. The lowest BCUT2D eigenvalue weighted by Gasteiger charge is -2.04. The van der Waals surface area contributed by atoms with Crippen LogP contribution in [0.1, 0.15) is 18.4 Å². The van der Waals surface area contributed by atoms with Crippen molar-refractivity contribution >= 4 is 23.5 Å². The molecule has 0 radical (unpaired) electrons. The summed E-state index contributed by atoms with van der Waals surface area (Å²) in [5.74, 6) is -0.155. The number of anilines is 1. The van der Waals surface area contributed by atoms with Crippen molar-refractivity contribution in [1.29, 1.82) is 0 Å². The zero-order valence-corrected chi connectivity index (χ0v) is 13.9. The smallest absolute Gasteiger partial charge is 0.248 e. The van der Waals surface area contributed by atoms with Crippen LogP contribution in [0, 0.1) is 0 Å². The molecule has 0 atom stereocenters. The molecule has 0 unspecified atom stereocenters. The number of nitrogens with one attached hydrogen (secondary N) is 1. The summed E-state index contributed by atoms with van der Waals surface area (Å²) < 4.78 is 5.09. The van der Waals surface area contributed by atoms with Gasteiger partial charge >= 0.3 is 0 Å². The van der Waals surface area contributed by atoms with Crippen molar-refractivity contribution in [2.75, 3.05) is 12.8 Å². The van der Waals surface area contributed by atoms with Crippen LogP contribution in [-0.4, -0.2) is 23.9 Å². The van der Waals surface area contributed by atoms with Crippen molar-refractivity contribution in [3.05, 3.63) is 65.6 Å². The first-order valence-electron chi connectivity index (χ1n) is 7.72. The van der Waals surface area contributed by atoms with Gasteiger partial charge in [0.15, 0.2) is 5.78 Å². The summed E-state index contributed by atoms with van der Waals surface area (Å²) in [5.41, 5.74) is 7.30. The second-order valence-electron chi connectivity index (χ2n) is 5.34. The Balaban J connectivity index is 1.85. The Morgan fingerprint density at radius 1 is 1.24 bits per heavy atom. The minimum absolute atomic E-state index is 0.00406. The van der Waals surface area contributed by atoms with Gasteiger partial charge in [-0.3, -0.25) is 9.59 Å². The number of hydrogen-bond acceptors (Lipinski definition) is 5. The third-order valence-electron chi connectivity index (χ3n) is 3.53. The quantitative estimate of drug-likeness (QED) is 0.319. The summed E-state index contributed by atoms with van der Waals surface area (Å²) in [7, 11) is 1.56. The summed E-state index contributed by atoms with van der Waals surface area (Å²) in [6, 6.07) is 5.46. The van der Waals surface area contributed by atoms with E-state index in [1.165, 1.54) is 6.08 Å². The first kappa shape index (κ1) is 18.1. The van der Waals surface area contributed by atoms with Crippen LogP contribution in [0.15, 0.2) is 60.0 Å². The molecular formula is C19H20N2O4. The average molecular weight is 342 g/mol. The fraction of sp³-hybridized carbons (Fsp3) is 0.158. The normalized spacial score (nSPS) is 15.0. The Hall–Kier alpha value is -3.28. The van der Waals surface area contributed by atoms with E-state index in [1.807, 2.05) is 12.1 Å². The fourth-order valence-corrected chi connectivity index (χ4v) is 2.24. The molecule has 6 nitrogen and oxygen atoms in total. The van der Waals surface area contributed by atoms with E-state index in [9.17, 15) is 14.7 Å². The van der Waals surface area contributed by atoms with Crippen LogP contribution in [0.5, 0.6) is 5.75 Å². The number of hydrogen-bond donors (Lipinski definition) is 3. The molecule has 0 saturated carbocycles. The summed E-state index contributed by atoms with van der Waals surface area (Å²) in [6.07, 6.45) is 10.4. The third kappa shape index (κ3) is 5.10. The summed E-state index contributed by atoms with van der Waals surface area (Å²) in [6.45, 7) is 0. The molecule has 1 aromatic carbocycles. The maximum Gasteiger partial charge on any atom is 0.248 e. The van der Waals surface area contributed by atoms with Gasteiger partial charge in [-0.05, 0) is 17.7 Å². The molecular weight excluding hydrogens is 322 g/mol. The van der Waals surface area contributed by atoms with Crippen molar-refractivity contribution in [1.82, 2.24) is 5.32 Å². The zero-order chi connectivity index (χ0) is 18.2. The van der Waals surface area contributed by atoms with Gasteiger partial charge in [-0.25, -0.2) is 0 Å². The number of amides is 1. The fourth-order valence-electron chi connectivity index (χ4n) is 2.24. The Morgan fingerprint density at radius 2 is 2.00 bits per heavy atom. The lowest BCUT2D eigenvalue weighted by atomic mass is 10.1. The number of nitrogen functional groups attached to an aromatic ring is 1. The molecule has 0 bridgehead atoms. The number of nitrogens with two attached hydrogens (primary N) is 1. The second-order valence-corrected chi connectivity index (χ2v) is 5.34. The molecule has 130 valence electrons. The molecule has 4 N–H and O–H groups in total. The maximum atomic E-state index is 11.7. The average Bonchev–Trinajstić information content (AvgIpc) is 2.90. The predicted molar refractivity (Wildman–Crippen MR) is 96.8 cm³/mol. The highest BCUT2D eigenvalue weighted by Crippen LogP contribution is 2.22. The Morgan fingerprint density at radius 3 is 2.64 bits per heavy atom. The first-order chi connectivity index (χ1) is 12.0. The van der Waals surface area contributed by atoms with Crippen LogP contribution in [0.2, 0.25) is 0 Å². The van der Waals surface area contributed by atoms with E-state index in [2.05, 4.69) is 5.32 Å². The highest BCUT2D eigenvalue weighted by Gasteiger charge is 2.23. The largest absolute Gasteiger partial charge is 0.510 e. The molecule has 0 aliphatic heterocycles. The lowest BCUT2D eigenvalue weighted by Crippen LogP contribution is -2.24. The van der Waals surface area contributed by atoms with Gasteiger partial charge in [0.1, 0.15) is 17.2 Å². The molecule has 0 heterocycles. The Kier molecular flexibility index (Phi) is 6.17. The van der Waals surface area contributed by atoms with E-state index < -0.39 is 5.91 Å². The summed E-state index contributed by atoms with van der Waals surface area (Å²) >= 11 is 0. The number of carbonyl (C=O) groups excluding carboxylic acids is 2. The SMILES string of the molecule is COc1ccc(/C=C/C=C/C=[13CH]/[13C](=O)NC2=C(O)CCC2=O)cc1N. The molecule has 1 aromatic rings. The van der Waals surface area contributed by atoms with Crippen molar-refractivity contribution < 1.29 is 19.4 Å². The number of ketones is 1. The maximum absolute atomic E-state index is 11.7. The number of methoxy groups -OCH3 is 1. The summed E-state index contributed by atoms with van der Waals surface area (Å²) in [5, 5.41) is 11.9. The molecule has 6 heteroatoms. The number of benzene rings is 1. The van der Waals surface area contributed by atoms with E-state index in [-0.39, 0.29) is 30.1 Å². The summed E-state index contributed by atoms with van der Waals surface area (Å²) in [4.78, 5) is 23.1. The van der Waals surface area contributed by atoms with Gasteiger partial charge in [-0.15, -0.1) is 0 Å². The van der Waals surface area contributed by atoms with Gasteiger partial charge in [-0.2, -0.15) is 0 Å². The van der Waals surface area contributed by atoms with Gasteiger partial charge in [0.2, 0.25) is 5.91 Å². The van der Waals surface area contributed by atoms with Crippen LogP contribution in [0.3, 0.4) is 0 Å². The van der Waals surface area contributed by atoms with E-state index in [4.69, 9.17) is 10.5 Å². The molecule has 1 aliphatic rings. The topological polar surface area (TPSA) is 102 Å². The van der Waals surface area contributed by atoms with Gasteiger partial charge in [0, 0.05) is 18.9 Å². The van der Waals surface area contributed by atoms with Crippen LogP contribution in [0.4, 0.5) is 5.69 Å². The first-order valence-corrected chi connectivity index (χ1v) is 7.72. The van der Waals surface area contributed by atoms with Crippen LogP contribution in [-0.2, 0) is 9.59 Å². The number of carbonyl (C=O) groups is 2. The Bertz CT molecular complexity index is 789. The van der Waals surface area contributed by atoms with Crippen LogP contribution >= 0.6 is 0 Å². The van der Waals surface area contributed by atoms with Crippen LogP contribution in [0.25, 0.3) is 6.08 Å². The van der Waals surface area contributed by atoms with Gasteiger partial charge in [0.05, 0.1) is 12.8 Å². The Labute approximate surface area is 146 Å². The number of ether oxygens (including phenoxy) is 1. The van der Waals surface area contributed by atoms with E-state index in [1.54, 1.807) is 43.5 Å². The molecule has 0 saturated heterocycles. The standard InChI is InChI=1S/C19H20N2O4/c1-25-17-11-8-13(12-14(17)20)6-4-2-3-5-7-18(24)21-19-15(22)9-10-16(19)23/h2-8,11-12,22H,9-10,20H2,1H3,(H,21,24)/b3-2+,6-4+,7-5+/i7+1,18+1. The molecule has 2 rings (SSSR count). The van der Waals surface area contributed by atoms with E-state index >= 15 is 0 Å². The third-order valence-corrected chi connectivity index (χ3v) is 3.53. The highest BCUT2D eigenvalue weighted by molar-refractivity contribution is 6.03. The van der Waals surface area contributed by atoms with E-state index in [0.29, 0.717) is 11.4 Å². The van der Waals surface area contributed by atoms with Crippen molar-refractivity contribution in [2.24, 2.45) is 0 Å². The molecule has 1 amide bonds. The van der Waals surface area contributed by atoms with E-state index in [0.717, 1.165) is 5.56 Å². The number of aliphatic hydroxyl groups excluding tert-OH is 1. The minimum Gasteiger partial charge on any atom is -0.510 e. The lowest BCUT2D eigenvalue weighted by molar-refractivity contribution is -0.119. The number of aliphatic hydroxyl groups is 1. The van der Waals surface area contributed by atoms with Crippen LogP contribution < -0.4 is 15.8 Å². The minimum atomic E-state index is -0.464. The monoisotopic (exact) mass is 342 g/mol. The molecule has 25 heavy (non-hydrogen) atoms. The predicted octanol–water partition coefficient (Wildman–Crippen LogP) is 2.65. The number of rotatable bonds is 6. The zero-order valence-electron chi connectivity index (χ0n) is 13.9. The molecule has 1 aliphatic carbocycles.